The molecule has 2 N–H and O–H groups in total. The average Bonchev–Trinajstić information content (AvgIpc) is 3.28. The Balaban J connectivity index is 1.65. The van der Waals surface area contributed by atoms with Crippen LogP contribution in [0.25, 0.3) is 0 Å². The molecule has 0 amide bonds. The summed E-state index contributed by atoms with van der Waals surface area (Å²) in [5.74, 6) is 1.07. The van der Waals surface area contributed by atoms with Crippen LogP contribution in [0.3, 0.4) is 0 Å². The van der Waals surface area contributed by atoms with Gasteiger partial charge in [0.2, 0.25) is 0 Å². The van der Waals surface area contributed by atoms with Crippen LogP contribution in [-0.4, -0.2) is 30.6 Å². The van der Waals surface area contributed by atoms with Gasteiger partial charge in [0.05, 0.1) is 11.6 Å². The van der Waals surface area contributed by atoms with E-state index >= 15 is 0 Å². The Hall–Kier alpha value is -1.67. The topological polar surface area (TPSA) is 53.0 Å². The van der Waals surface area contributed by atoms with E-state index in [9.17, 15) is 5.26 Å². The normalized spacial score (nSPS) is 25.2. The van der Waals surface area contributed by atoms with Crippen LogP contribution in [0.5, 0.6) is 0 Å². The van der Waals surface area contributed by atoms with Crippen LogP contribution in [0.4, 0.5) is 0 Å². The monoisotopic (exact) mass is 409 g/mol. The Kier molecular flexibility index (Phi) is 5.13. The molecule has 0 radical (unpaired) electrons. The number of halogens is 1. The van der Waals surface area contributed by atoms with E-state index in [4.69, 9.17) is 5.73 Å². The van der Waals surface area contributed by atoms with Crippen LogP contribution in [0.2, 0.25) is 0 Å². The second kappa shape index (κ2) is 7.52. The van der Waals surface area contributed by atoms with Crippen LogP contribution in [-0.2, 0) is 12.8 Å². The van der Waals surface area contributed by atoms with E-state index in [2.05, 4.69) is 57.2 Å². The highest BCUT2D eigenvalue weighted by atomic mass is 79.9. The number of hydrogen-bond donors (Lipinski definition) is 1. The SMILES string of the molecule is N#Cc1cc(Br)ccc1C[C@@H]1c2ccccc2C[C@H]1N1CC[C@@H](CN)C1. The highest BCUT2D eigenvalue weighted by Gasteiger charge is 2.38. The molecule has 0 spiro atoms. The van der Waals surface area contributed by atoms with Gasteiger partial charge in [-0.2, -0.15) is 5.26 Å². The van der Waals surface area contributed by atoms with Gasteiger partial charge in [-0.15, -0.1) is 0 Å². The molecule has 4 rings (SSSR count). The van der Waals surface area contributed by atoms with Crippen molar-refractivity contribution in [2.45, 2.75) is 31.2 Å². The number of nitrogens with two attached hydrogens (primary N) is 1. The zero-order chi connectivity index (χ0) is 18.1. The molecular weight excluding hydrogens is 386 g/mol. The summed E-state index contributed by atoms with van der Waals surface area (Å²) in [5.41, 5.74) is 10.8. The molecule has 2 aliphatic rings. The number of hydrogen-bond acceptors (Lipinski definition) is 3. The summed E-state index contributed by atoms with van der Waals surface area (Å²) in [7, 11) is 0. The summed E-state index contributed by atoms with van der Waals surface area (Å²) in [6.07, 6.45) is 3.23. The summed E-state index contributed by atoms with van der Waals surface area (Å²) < 4.78 is 0.964. The van der Waals surface area contributed by atoms with Gasteiger partial charge in [0.15, 0.2) is 0 Å². The fraction of sp³-hybridized carbons (Fsp3) is 0.409. The van der Waals surface area contributed by atoms with E-state index in [1.807, 2.05) is 12.1 Å². The van der Waals surface area contributed by atoms with Gasteiger partial charge in [-0.05, 0) is 67.1 Å². The van der Waals surface area contributed by atoms with Gasteiger partial charge in [-0.25, -0.2) is 0 Å². The summed E-state index contributed by atoms with van der Waals surface area (Å²) >= 11 is 3.48. The number of rotatable bonds is 4. The van der Waals surface area contributed by atoms with Crippen LogP contribution < -0.4 is 5.73 Å². The largest absolute Gasteiger partial charge is 0.330 e. The first-order chi connectivity index (χ1) is 12.7. The maximum absolute atomic E-state index is 9.56. The molecule has 3 atom stereocenters. The number of benzene rings is 2. The van der Waals surface area contributed by atoms with Crippen molar-refractivity contribution in [2.75, 3.05) is 19.6 Å². The van der Waals surface area contributed by atoms with Crippen LogP contribution in [0.1, 0.15) is 34.6 Å². The molecule has 0 aromatic heterocycles. The van der Waals surface area contributed by atoms with Crippen molar-refractivity contribution in [2.24, 2.45) is 11.7 Å². The molecule has 1 fully saturated rings. The Morgan fingerprint density at radius 2 is 2.08 bits per heavy atom. The average molecular weight is 410 g/mol. The van der Waals surface area contributed by atoms with Gasteiger partial charge in [0, 0.05) is 23.0 Å². The highest BCUT2D eigenvalue weighted by molar-refractivity contribution is 9.10. The van der Waals surface area contributed by atoms with Crippen molar-refractivity contribution in [3.05, 3.63) is 69.2 Å². The Labute approximate surface area is 163 Å². The lowest BCUT2D eigenvalue weighted by Crippen LogP contribution is -2.38. The summed E-state index contributed by atoms with van der Waals surface area (Å²) in [6.45, 7) is 3.03. The lowest BCUT2D eigenvalue weighted by Gasteiger charge is -2.30. The second-order valence-electron chi connectivity index (χ2n) is 7.58. The minimum atomic E-state index is 0.441. The number of nitriles is 1. The fourth-order valence-electron chi connectivity index (χ4n) is 4.71. The predicted molar refractivity (Wildman–Crippen MR) is 108 cm³/mol. The van der Waals surface area contributed by atoms with Crippen molar-refractivity contribution < 1.29 is 0 Å². The molecule has 134 valence electrons. The Morgan fingerprint density at radius 1 is 1.23 bits per heavy atom. The van der Waals surface area contributed by atoms with Crippen LogP contribution in [0, 0.1) is 17.2 Å². The third kappa shape index (κ3) is 3.32. The molecule has 1 aliphatic heterocycles. The first-order valence-electron chi connectivity index (χ1n) is 9.40. The van der Waals surface area contributed by atoms with Crippen LogP contribution in [0.15, 0.2) is 46.9 Å². The third-order valence-electron chi connectivity index (χ3n) is 6.10. The number of likely N-dealkylation sites (tertiary alicyclic amines) is 1. The molecule has 0 unspecified atom stereocenters. The van der Waals surface area contributed by atoms with Crippen molar-refractivity contribution in [1.82, 2.24) is 4.90 Å². The van der Waals surface area contributed by atoms with Gasteiger partial charge in [0.25, 0.3) is 0 Å². The smallest absolute Gasteiger partial charge is 0.0994 e. The Bertz CT molecular complexity index is 842. The van der Waals surface area contributed by atoms with E-state index in [0.717, 1.165) is 48.1 Å². The molecule has 2 aromatic carbocycles. The van der Waals surface area contributed by atoms with Crippen molar-refractivity contribution >= 4 is 15.9 Å². The molecule has 0 saturated carbocycles. The molecule has 4 heteroatoms. The minimum Gasteiger partial charge on any atom is -0.330 e. The lowest BCUT2D eigenvalue weighted by atomic mass is 9.88. The van der Waals surface area contributed by atoms with E-state index in [1.54, 1.807) is 0 Å². The van der Waals surface area contributed by atoms with Gasteiger partial charge < -0.3 is 5.73 Å². The lowest BCUT2D eigenvalue weighted by molar-refractivity contribution is 0.212. The van der Waals surface area contributed by atoms with Crippen LogP contribution >= 0.6 is 15.9 Å². The molecule has 3 nitrogen and oxygen atoms in total. The number of nitrogens with zero attached hydrogens (tertiary/aromatic N) is 2. The summed E-state index contributed by atoms with van der Waals surface area (Å²) in [6, 6.07) is 17.8. The molecular formula is C22H24BrN3. The van der Waals surface area contributed by atoms with Crippen molar-refractivity contribution in [3.8, 4) is 6.07 Å². The maximum Gasteiger partial charge on any atom is 0.0994 e. The molecule has 1 saturated heterocycles. The second-order valence-corrected chi connectivity index (χ2v) is 8.50. The molecule has 0 bridgehead atoms. The van der Waals surface area contributed by atoms with E-state index in [-0.39, 0.29) is 0 Å². The first-order valence-corrected chi connectivity index (χ1v) is 10.2. The van der Waals surface area contributed by atoms with Crippen molar-refractivity contribution in [3.63, 3.8) is 0 Å². The van der Waals surface area contributed by atoms with E-state index in [1.165, 1.54) is 17.5 Å². The zero-order valence-electron chi connectivity index (χ0n) is 14.9. The highest BCUT2D eigenvalue weighted by Crippen LogP contribution is 2.40. The molecule has 1 heterocycles. The van der Waals surface area contributed by atoms with Gasteiger partial charge >= 0.3 is 0 Å². The van der Waals surface area contributed by atoms with Gasteiger partial charge in [-0.1, -0.05) is 46.3 Å². The van der Waals surface area contributed by atoms with E-state index < -0.39 is 0 Å². The first kappa shape index (κ1) is 17.7. The van der Waals surface area contributed by atoms with Gasteiger partial charge in [0.1, 0.15) is 0 Å². The standard InChI is InChI=1S/C22H24BrN3/c23-19-6-5-16(18(9-19)13-25)10-21-20-4-2-1-3-17(20)11-22(21)26-8-7-15(12-24)14-26/h1-6,9,15,21-22H,7-8,10-12,14,24H2/t15-,21+,22+/m0/s1. The summed E-state index contributed by atoms with van der Waals surface area (Å²) in [4.78, 5) is 2.65. The quantitative estimate of drug-likeness (QED) is 0.833. The maximum atomic E-state index is 9.56. The third-order valence-corrected chi connectivity index (χ3v) is 6.59. The Morgan fingerprint density at radius 3 is 2.85 bits per heavy atom. The minimum absolute atomic E-state index is 0.441. The molecule has 26 heavy (non-hydrogen) atoms. The number of fused-ring (bicyclic) bond motifs is 1. The zero-order valence-corrected chi connectivity index (χ0v) is 16.5. The predicted octanol–water partition coefficient (Wildman–Crippen LogP) is 3.85. The van der Waals surface area contributed by atoms with Crippen molar-refractivity contribution in [1.29, 1.82) is 5.26 Å². The van der Waals surface area contributed by atoms with Gasteiger partial charge in [-0.3, -0.25) is 4.90 Å². The van der Waals surface area contributed by atoms with E-state index in [0.29, 0.717) is 17.9 Å². The molecule has 1 aliphatic carbocycles. The summed E-state index contributed by atoms with van der Waals surface area (Å²) in [5, 5.41) is 9.56. The fourth-order valence-corrected chi connectivity index (χ4v) is 5.07. The molecule has 2 aromatic rings.